The first kappa shape index (κ1) is 28.2. The van der Waals surface area contributed by atoms with Crippen molar-refractivity contribution in [2.45, 2.75) is 39.4 Å². The summed E-state index contributed by atoms with van der Waals surface area (Å²) in [5.41, 5.74) is 8.04. The normalized spacial score (nSPS) is 12.7. The molecule has 0 radical (unpaired) electrons. The predicted octanol–water partition coefficient (Wildman–Crippen LogP) is 9.97. The molecule has 0 spiro atoms. The molecule has 0 aliphatic heterocycles. The fraction of sp³-hybridized carbons (Fsp3) is 0.226. The van der Waals surface area contributed by atoms with Crippen molar-refractivity contribution < 1.29 is 9.26 Å². The second-order valence-electron chi connectivity index (χ2n) is 10.4. The van der Waals surface area contributed by atoms with Crippen molar-refractivity contribution in [1.82, 2.24) is 9.97 Å². The van der Waals surface area contributed by atoms with Gasteiger partial charge in [0, 0.05) is 31.8 Å². The maximum absolute atomic E-state index is 6.55. The van der Waals surface area contributed by atoms with Gasteiger partial charge < -0.3 is 9.26 Å². The summed E-state index contributed by atoms with van der Waals surface area (Å²) in [4.78, 5) is 9.21. The van der Waals surface area contributed by atoms with Crippen molar-refractivity contribution in [2.75, 3.05) is 6.61 Å². The number of pyridine rings is 1. The quantitative estimate of drug-likeness (QED) is 0.139. The molecule has 0 N–H and O–H groups in total. The van der Waals surface area contributed by atoms with Crippen molar-refractivity contribution in [3.63, 3.8) is 0 Å². The monoisotopic (exact) mass is 594 g/mol. The van der Waals surface area contributed by atoms with E-state index in [1.54, 1.807) is 17.5 Å². The van der Waals surface area contributed by atoms with Crippen LogP contribution < -0.4 is 0 Å². The Hall–Kier alpha value is -2.37. The largest absolute Gasteiger partial charge is 0.365 e. The highest BCUT2D eigenvalue weighted by molar-refractivity contribution is 7.22. The Morgan fingerprint density at radius 3 is 2.33 bits per heavy atom. The van der Waals surface area contributed by atoms with E-state index in [9.17, 15) is 0 Å². The number of aryl methyl sites for hydroxylation is 1. The van der Waals surface area contributed by atoms with Gasteiger partial charge in [0.25, 0.3) is 0 Å². The van der Waals surface area contributed by atoms with Gasteiger partial charge in [0.1, 0.15) is 16.3 Å². The fourth-order valence-corrected chi connectivity index (χ4v) is 6.35. The minimum Gasteiger partial charge on any atom is -0.365 e. The maximum Gasteiger partial charge on any atom is 0.129 e. The first-order chi connectivity index (χ1) is 18.6. The van der Waals surface area contributed by atoms with Crippen molar-refractivity contribution in [1.29, 1.82) is 0 Å². The average molecular weight is 596 g/mol. The van der Waals surface area contributed by atoms with Gasteiger partial charge >= 0.3 is 0 Å². The van der Waals surface area contributed by atoms with Gasteiger partial charge in [-0.15, -0.1) is 11.3 Å². The molecule has 0 saturated heterocycles. The Balaban J connectivity index is 1.71. The number of benzene rings is 3. The molecular formula is C31H29Cl2N2O2PS. The van der Waals surface area contributed by atoms with Gasteiger partial charge in [-0.1, -0.05) is 53.5 Å². The van der Waals surface area contributed by atoms with Gasteiger partial charge in [0.15, 0.2) is 0 Å². The Kier molecular flexibility index (Phi) is 8.40. The summed E-state index contributed by atoms with van der Waals surface area (Å²) in [6, 6.07) is 22.3. The number of hydrogen-bond acceptors (Lipinski definition) is 5. The first-order valence-corrected chi connectivity index (χ1v) is 14.6. The molecule has 8 heteroatoms. The van der Waals surface area contributed by atoms with Crippen LogP contribution in [0.5, 0.6) is 0 Å². The highest BCUT2D eigenvalue weighted by Gasteiger charge is 2.27. The number of aromatic nitrogens is 2. The molecule has 2 heterocycles. The molecule has 4 nitrogen and oxygen atoms in total. The molecular weight excluding hydrogens is 566 g/mol. The van der Waals surface area contributed by atoms with E-state index in [1.807, 2.05) is 30.3 Å². The van der Waals surface area contributed by atoms with Crippen LogP contribution in [0.2, 0.25) is 10.2 Å². The molecule has 0 aliphatic carbocycles. The highest BCUT2D eigenvalue weighted by atomic mass is 35.5. The number of hydrogen-bond donors (Lipinski definition) is 0. The Labute approximate surface area is 245 Å². The minimum absolute atomic E-state index is 0.275. The van der Waals surface area contributed by atoms with E-state index in [2.05, 4.69) is 78.5 Å². The summed E-state index contributed by atoms with van der Waals surface area (Å²) in [5, 5.41) is 2.10. The SMILES string of the molecule is Cc1cc2nc(-c3cccc(-c4ccnc(Cl)c4)c3)sc2c(-c2ccc(Cl)cc2)c1[C@@H](COP)OC(C)(C)C. The Bertz CT molecular complexity index is 1630. The van der Waals surface area contributed by atoms with Crippen LogP contribution in [0, 0.1) is 6.92 Å². The summed E-state index contributed by atoms with van der Waals surface area (Å²) in [6.07, 6.45) is 1.45. The van der Waals surface area contributed by atoms with Crippen molar-refractivity contribution in [3.05, 3.63) is 94.2 Å². The zero-order valence-electron chi connectivity index (χ0n) is 22.2. The second kappa shape index (κ2) is 11.6. The molecule has 0 saturated carbocycles. The third-order valence-corrected chi connectivity index (χ3v) is 8.08. The standard InChI is InChI=1S/C31H29Cl2N2O2PS/c1-18-14-24-29(39-30(35-24)22-7-5-6-20(15-22)21-12-13-34-26(33)16-21)28(19-8-10-23(32)11-9-19)27(18)25(17-36-38)37-31(2,3)4/h5-16,25H,17,38H2,1-4H3/t25-/m1/s1. The van der Waals surface area contributed by atoms with Gasteiger partial charge in [-0.3, -0.25) is 0 Å². The number of halogens is 2. The van der Waals surface area contributed by atoms with Crippen LogP contribution in [-0.4, -0.2) is 22.2 Å². The summed E-state index contributed by atoms with van der Waals surface area (Å²) in [5.74, 6) is 0. The van der Waals surface area contributed by atoms with Crippen molar-refractivity contribution in [2.24, 2.45) is 0 Å². The lowest BCUT2D eigenvalue weighted by Crippen LogP contribution is -2.25. The number of fused-ring (bicyclic) bond motifs is 1. The van der Waals surface area contributed by atoms with Crippen LogP contribution >= 0.6 is 44.0 Å². The van der Waals surface area contributed by atoms with Crippen molar-refractivity contribution in [3.8, 4) is 32.8 Å². The summed E-state index contributed by atoms with van der Waals surface area (Å²) in [7, 11) is 2.36. The molecule has 5 aromatic rings. The zero-order chi connectivity index (χ0) is 27.7. The number of ether oxygens (including phenoxy) is 1. The summed E-state index contributed by atoms with van der Waals surface area (Å²) >= 11 is 14.1. The second-order valence-corrected chi connectivity index (χ2v) is 12.5. The molecule has 39 heavy (non-hydrogen) atoms. The van der Waals surface area contributed by atoms with E-state index in [0.717, 1.165) is 54.2 Å². The summed E-state index contributed by atoms with van der Waals surface area (Å²) in [6.45, 7) is 8.70. The summed E-state index contributed by atoms with van der Waals surface area (Å²) < 4.78 is 13.2. The lowest BCUT2D eigenvalue weighted by atomic mass is 9.91. The molecule has 1 unspecified atom stereocenters. The fourth-order valence-electron chi connectivity index (χ4n) is 4.76. The highest BCUT2D eigenvalue weighted by Crippen LogP contribution is 2.44. The molecule has 2 aromatic heterocycles. The van der Waals surface area contributed by atoms with Crippen LogP contribution in [0.25, 0.3) is 43.0 Å². The minimum atomic E-state index is -0.359. The van der Waals surface area contributed by atoms with Gasteiger partial charge in [0.05, 0.1) is 22.4 Å². The van der Waals surface area contributed by atoms with Gasteiger partial charge in [-0.05, 0) is 91.9 Å². The van der Waals surface area contributed by atoms with Crippen LogP contribution in [0.1, 0.15) is 38.0 Å². The molecule has 5 rings (SSSR count). The van der Waals surface area contributed by atoms with Crippen LogP contribution in [-0.2, 0) is 9.26 Å². The molecule has 0 bridgehead atoms. The molecule has 0 aliphatic rings. The van der Waals surface area contributed by atoms with E-state index >= 15 is 0 Å². The molecule has 0 fully saturated rings. The molecule has 0 amide bonds. The van der Waals surface area contributed by atoms with E-state index in [4.69, 9.17) is 37.4 Å². The van der Waals surface area contributed by atoms with E-state index in [0.29, 0.717) is 16.8 Å². The zero-order valence-corrected chi connectivity index (χ0v) is 25.6. The first-order valence-electron chi connectivity index (χ1n) is 12.5. The van der Waals surface area contributed by atoms with Crippen LogP contribution in [0.3, 0.4) is 0 Å². The maximum atomic E-state index is 6.55. The smallest absolute Gasteiger partial charge is 0.129 e. The molecule has 2 atom stereocenters. The van der Waals surface area contributed by atoms with Crippen molar-refractivity contribution >= 4 is 54.2 Å². The van der Waals surface area contributed by atoms with Crippen LogP contribution in [0.15, 0.2) is 72.9 Å². The lowest BCUT2D eigenvalue weighted by Gasteiger charge is -2.30. The molecule has 200 valence electrons. The topological polar surface area (TPSA) is 44.2 Å². The predicted molar refractivity (Wildman–Crippen MR) is 168 cm³/mol. The average Bonchev–Trinajstić information content (AvgIpc) is 3.31. The Morgan fingerprint density at radius 2 is 1.64 bits per heavy atom. The Morgan fingerprint density at radius 1 is 0.923 bits per heavy atom. The van der Waals surface area contributed by atoms with Gasteiger partial charge in [0.2, 0.25) is 0 Å². The van der Waals surface area contributed by atoms with E-state index < -0.39 is 0 Å². The van der Waals surface area contributed by atoms with Gasteiger partial charge in [-0.25, -0.2) is 9.97 Å². The number of nitrogens with zero attached hydrogens (tertiary/aromatic N) is 2. The third kappa shape index (κ3) is 6.36. The van der Waals surface area contributed by atoms with Gasteiger partial charge in [-0.2, -0.15) is 0 Å². The van der Waals surface area contributed by atoms with E-state index in [1.165, 1.54) is 0 Å². The van der Waals surface area contributed by atoms with E-state index in [-0.39, 0.29) is 11.7 Å². The number of thiazole rings is 1. The third-order valence-electron chi connectivity index (χ3n) is 6.30. The number of rotatable bonds is 7. The molecule has 3 aromatic carbocycles. The lowest BCUT2D eigenvalue weighted by molar-refractivity contribution is -0.0761. The van der Waals surface area contributed by atoms with Crippen LogP contribution in [0.4, 0.5) is 0 Å².